The van der Waals surface area contributed by atoms with Crippen molar-refractivity contribution < 1.29 is 89.6 Å². The Bertz CT molecular complexity index is 1540. The molecule has 0 radical (unpaired) electrons. The molecule has 0 atom stereocenters. The molecule has 4 rings (SSSR count). The van der Waals surface area contributed by atoms with Crippen molar-refractivity contribution in [3.63, 3.8) is 0 Å². The minimum atomic E-state index is -6.03. The quantitative estimate of drug-likeness (QED) is 0.0462. The second-order valence-electron chi connectivity index (χ2n) is 11.9. The first kappa shape index (κ1) is 44.6. The van der Waals surface area contributed by atoms with Gasteiger partial charge in [-0.25, -0.2) is 0 Å². The second-order valence-corrected chi connectivity index (χ2v) is 17.8. The van der Waals surface area contributed by atoms with Crippen molar-refractivity contribution in [2.75, 3.05) is 92.5 Å². The van der Waals surface area contributed by atoms with Crippen LogP contribution in [0.1, 0.15) is 26.7 Å². The predicted molar refractivity (Wildman–Crippen MR) is 183 cm³/mol. The zero-order valence-electron chi connectivity index (χ0n) is 30.6. The number of halogens is 8. The molecule has 2 aliphatic carbocycles. The summed E-state index contributed by atoms with van der Waals surface area (Å²) in [7, 11) is 0. The van der Waals surface area contributed by atoms with Gasteiger partial charge in [-0.15, -0.1) is 0 Å². The van der Waals surface area contributed by atoms with Crippen LogP contribution >= 0.6 is 0 Å². The summed E-state index contributed by atoms with van der Waals surface area (Å²) in [5.74, 6) is -18.9. The van der Waals surface area contributed by atoms with Gasteiger partial charge >= 0.3 is 269 Å². The van der Waals surface area contributed by atoms with E-state index in [1.807, 2.05) is 13.8 Å². The molecule has 0 heterocycles. The molecule has 2 aliphatic rings. The maximum absolute atomic E-state index is 16.5. The van der Waals surface area contributed by atoms with Gasteiger partial charge in [0, 0.05) is 13.2 Å². The van der Waals surface area contributed by atoms with Crippen molar-refractivity contribution >= 4 is 7.74 Å². The Hall–Kier alpha value is -3.09. The number of rotatable bonds is 26. The standard InChI is InChI=1S/2C14H17F4O4.2C5H5.Ti/c2*1-2-19-3-4-20-5-6-21-7-8-22-14-12(17)10(15)9-11(16)13(14)18;2*1-2-4-5-3-1;/h2*2-8H2,1H3;2*1-3H,4H2;. The summed E-state index contributed by atoms with van der Waals surface area (Å²) in [6.45, 7) is 4.97. The van der Waals surface area contributed by atoms with Crippen LogP contribution in [0, 0.1) is 46.5 Å². The molecule has 0 unspecified atom stereocenters. The molecule has 0 spiro atoms. The summed E-state index contributed by atoms with van der Waals surface area (Å²) in [5, 5.41) is 0. The first-order valence-electron chi connectivity index (χ1n) is 17.8. The molecule has 0 amide bonds. The summed E-state index contributed by atoms with van der Waals surface area (Å²) >= 11 is -6.03. The Morgan fingerprint density at radius 1 is 0.418 bits per heavy atom. The Labute approximate surface area is 318 Å². The molecular formula is C38H44F8O8Ti. The number of hydrogen-bond acceptors (Lipinski definition) is 8. The van der Waals surface area contributed by atoms with E-state index in [1.165, 1.54) is 36.5 Å². The van der Waals surface area contributed by atoms with Gasteiger partial charge in [0.15, 0.2) is 0 Å². The van der Waals surface area contributed by atoms with E-state index in [2.05, 4.69) is 0 Å². The Balaban J connectivity index is 1.65. The van der Waals surface area contributed by atoms with Crippen LogP contribution in [0.4, 0.5) is 35.1 Å². The predicted octanol–water partition coefficient (Wildman–Crippen LogP) is 6.49. The van der Waals surface area contributed by atoms with Gasteiger partial charge < -0.3 is 9.47 Å². The normalized spacial score (nSPS) is 13.9. The molecule has 0 saturated heterocycles. The molecule has 2 aromatic carbocycles. The number of ether oxygens (including phenoxy) is 8. The zero-order valence-corrected chi connectivity index (χ0v) is 32.1. The van der Waals surface area contributed by atoms with Crippen molar-refractivity contribution in [1.29, 1.82) is 0 Å². The van der Waals surface area contributed by atoms with Crippen molar-refractivity contribution in [3.8, 4) is 11.5 Å². The van der Waals surface area contributed by atoms with Crippen LogP contribution in [0.2, 0.25) is 0 Å². The summed E-state index contributed by atoms with van der Waals surface area (Å²) in [4.78, 5) is 0. The van der Waals surface area contributed by atoms with Crippen molar-refractivity contribution in [2.24, 2.45) is 0 Å². The Morgan fingerprint density at radius 2 is 0.709 bits per heavy atom. The van der Waals surface area contributed by atoms with Crippen LogP contribution in [0.15, 0.2) is 44.2 Å². The van der Waals surface area contributed by atoms with E-state index in [4.69, 9.17) is 37.9 Å². The van der Waals surface area contributed by atoms with E-state index in [1.54, 1.807) is 0 Å². The van der Waals surface area contributed by atoms with Gasteiger partial charge in [0.05, 0.1) is 13.2 Å². The van der Waals surface area contributed by atoms with E-state index < -0.39 is 95.6 Å². The third-order valence-corrected chi connectivity index (χ3v) is 16.4. The molecule has 2 aromatic rings. The van der Waals surface area contributed by atoms with E-state index in [0.717, 1.165) is 0 Å². The van der Waals surface area contributed by atoms with Crippen LogP contribution in [0.25, 0.3) is 0 Å². The Morgan fingerprint density at radius 3 is 0.982 bits per heavy atom. The van der Waals surface area contributed by atoms with Crippen molar-refractivity contribution in [1.82, 2.24) is 0 Å². The van der Waals surface area contributed by atoms with Crippen molar-refractivity contribution in [2.45, 2.75) is 26.7 Å². The molecule has 0 saturated carbocycles. The fourth-order valence-electron chi connectivity index (χ4n) is 6.13. The van der Waals surface area contributed by atoms with E-state index in [-0.39, 0.29) is 60.2 Å². The fourth-order valence-corrected chi connectivity index (χ4v) is 14.3. The van der Waals surface area contributed by atoms with Gasteiger partial charge in [-0.2, -0.15) is 0 Å². The molecule has 17 heteroatoms. The third-order valence-electron chi connectivity index (χ3n) is 8.55. The average molecular weight is 829 g/mol. The maximum atomic E-state index is 16.5. The van der Waals surface area contributed by atoms with Crippen LogP contribution in [0.3, 0.4) is 0 Å². The van der Waals surface area contributed by atoms with Gasteiger partial charge in [0.1, 0.15) is 0 Å². The van der Waals surface area contributed by atoms with Gasteiger partial charge in [0.25, 0.3) is 0 Å². The topological polar surface area (TPSA) is 73.8 Å². The summed E-state index contributed by atoms with van der Waals surface area (Å²) in [5.41, 5.74) is 0. The van der Waals surface area contributed by atoms with Crippen LogP contribution in [-0.4, -0.2) is 92.5 Å². The van der Waals surface area contributed by atoms with Crippen molar-refractivity contribution in [3.05, 3.63) is 90.7 Å². The second kappa shape index (κ2) is 22.6. The van der Waals surface area contributed by atoms with Gasteiger partial charge in [-0.3, -0.25) is 0 Å². The van der Waals surface area contributed by atoms with Gasteiger partial charge in [0.2, 0.25) is 0 Å². The van der Waals surface area contributed by atoms with Gasteiger partial charge in [-0.05, 0) is 13.8 Å². The third kappa shape index (κ3) is 10.7. The summed E-state index contributed by atoms with van der Waals surface area (Å²) in [6, 6.07) is 0. The van der Waals surface area contributed by atoms with E-state index in [0.29, 0.717) is 39.6 Å². The number of benzene rings is 2. The molecule has 0 N–H and O–H groups in total. The summed E-state index contributed by atoms with van der Waals surface area (Å²) in [6.07, 6.45) is 7.98. The summed E-state index contributed by atoms with van der Waals surface area (Å²) < 4.78 is 168. The SMILES string of the molecule is CCOCCOCCOCCOc1c(F)c(F)[c]([Ti]([C]2=CC=CC2)([C]2=CC=CC2)[c]2c(F)c(F)c(OCCOCCOCCOCC)c(F)c2F)c(F)c1F. The monoisotopic (exact) mass is 828 g/mol. The minimum absolute atomic E-state index is 0.0424. The fraction of sp³-hybridized carbons (Fsp3) is 0.474. The molecule has 0 bridgehead atoms. The molecule has 304 valence electrons. The van der Waals surface area contributed by atoms with E-state index >= 15 is 35.1 Å². The first-order chi connectivity index (χ1) is 26.6. The first-order valence-corrected chi connectivity index (χ1v) is 20.9. The Kier molecular flexibility index (Phi) is 18.3. The number of hydrogen-bond donors (Lipinski definition) is 0. The van der Waals surface area contributed by atoms with Gasteiger partial charge in [-0.1, -0.05) is 0 Å². The molecule has 0 fully saturated rings. The van der Waals surface area contributed by atoms with Crippen LogP contribution < -0.4 is 17.2 Å². The molecular weight excluding hydrogens is 784 g/mol. The molecule has 0 aromatic heterocycles. The average Bonchev–Trinajstić information content (AvgIpc) is 3.93. The molecule has 55 heavy (non-hydrogen) atoms. The van der Waals surface area contributed by atoms with E-state index in [9.17, 15) is 0 Å². The number of allylic oxidation sites excluding steroid dienone is 8. The zero-order chi connectivity index (χ0) is 39.8. The molecule has 8 nitrogen and oxygen atoms in total. The van der Waals surface area contributed by atoms with Crippen LogP contribution in [0.5, 0.6) is 11.5 Å². The van der Waals surface area contributed by atoms with Crippen LogP contribution in [-0.2, 0) is 45.0 Å². The molecule has 0 aliphatic heterocycles.